The van der Waals surface area contributed by atoms with Gasteiger partial charge in [-0.2, -0.15) is 0 Å². The first-order chi connectivity index (χ1) is 11.0. The van der Waals surface area contributed by atoms with Crippen molar-refractivity contribution in [3.63, 3.8) is 0 Å². The summed E-state index contributed by atoms with van der Waals surface area (Å²) in [6, 6.07) is 14.9. The van der Waals surface area contributed by atoms with Crippen molar-refractivity contribution >= 4 is 17.6 Å². The summed E-state index contributed by atoms with van der Waals surface area (Å²) in [4.78, 5) is 24.3. The van der Waals surface area contributed by atoms with E-state index >= 15 is 0 Å². The zero-order valence-electron chi connectivity index (χ0n) is 13.2. The molecule has 23 heavy (non-hydrogen) atoms. The molecule has 4 nitrogen and oxygen atoms in total. The minimum absolute atomic E-state index is 0.301. The second-order valence-electron chi connectivity index (χ2n) is 6.02. The average Bonchev–Trinajstić information content (AvgIpc) is 2.55. The minimum Gasteiger partial charge on any atom is -0.448 e. The molecule has 118 valence electrons. The molecule has 1 amide bonds. The van der Waals surface area contributed by atoms with Gasteiger partial charge in [-0.15, -0.1) is 0 Å². The van der Waals surface area contributed by atoms with E-state index in [4.69, 9.17) is 4.74 Å². The van der Waals surface area contributed by atoms with Crippen molar-refractivity contribution in [3.8, 4) is 0 Å². The summed E-state index contributed by atoms with van der Waals surface area (Å²) in [5, 5.41) is 2.81. The van der Waals surface area contributed by atoms with Crippen molar-refractivity contribution in [1.29, 1.82) is 0 Å². The van der Waals surface area contributed by atoms with Crippen LogP contribution in [-0.4, -0.2) is 18.0 Å². The number of cyclic esters (lactones) is 1. The van der Waals surface area contributed by atoms with Crippen LogP contribution in [-0.2, 0) is 16.0 Å². The highest BCUT2D eigenvalue weighted by molar-refractivity contribution is 6.00. The quantitative estimate of drug-likeness (QED) is 0.882. The third-order valence-corrected chi connectivity index (χ3v) is 4.03. The molecule has 3 rings (SSSR count). The van der Waals surface area contributed by atoms with Gasteiger partial charge in [0.2, 0.25) is 0 Å². The van der Waals surface area contributed by atoms with Crippen LogP contribution >= 0.6 is 0 Å². The van der Waals surface area contributed by atoms with E-state index in [1.54, 1.807) is 12.1 Å². The van der Waals surface area contributed by atoms with Gasteiger partial charge in [-0.05, 0) is 35.2 Å². The number of anilines is 1. The average molecular weight is 309 g/mol. The Labute approximate surface area is 135 Å². The Bertz CT molecular complexity index is 735. The molecule has 2 aromatic carbocycles. The summed E-state index contributed by atoms with van der Waals surface area (Å²) < 4.78 is 5.26. The number of fused-ring (bicyclic) bond motifs is 1. The van der Waals surface area contributed by atoms with Gasteiger partial charge >= 0.3 is 5.97 Å². The number of carbonyl (C=O) groups excluding carboxylic acids is 2. The van der Waals surface area contributed by atoms with Gasteiger partial charge in [0.25, 0.3) is 5.91 Å². The lowest BCUT2D eigenvalue weighted by Gasteiger charge is -2.23. The van der Waals surface area contributed by atoms with Crippen LogP contribution in [0.5, 0.6) is 0 Å². The summed E-state index contributed by atoms with van der Waals surface area (Å²) in [5.74, 6) is -0.303. The van der Waals surface area contributed by atoms with Crippen LogP contribution in [0.1, 0.15) is 41.3 Å². The molecule has 0 saturated heterocycles. The van der Waals surface area contributed by atoms with E-state index in [1.165, 1.54) is 5.56 Å². The van der Waals surface area contributed by atoms with Crippen molar-refractivity contribution in [1.82, 2.24) is 0 Å². The lowest BCUT2D eigenvalue weighted by Crippen LogP contribution is -2.37. The molecule has 0 fully saturated rings. The maximum Gasteiger partial charge on any atom is 0.339 e. The van der Waals surface area contributed by atoms with Crippen molar-refractivity contribution in [3.05, 3.63) is 65.2 Å². The summed E-state index contributed by atoms with van der Waals surface area (Å²) in [6.45, 7) is 4.24. The van der Waals surface area contributed by atoms with E-state index in [0.29, 0.717) is 23.6 Å². The molecule has 1 heterocycles. The van der Waals surface area contributed by atoms with E-state index in [9.17, 15) is 9.59 Å². The minimum atomic E-state index is -0.790. The van der Waals surface area contributed by atoms with Crippen molar-refractivity contribution in [2.75, 3.05) is 5.32 Å². The van der Waals surface area contributed by atoms with E-state index in [1.807, 2.05) is 36.4 Å². The Hall–Kier alpha value is -2.62. The smallest absolute Gasteiger partial charge is 0.339 e. The standard InChI is InChI=1S/C19H19NO3/c1-12(2)13-7-9-15(10-8-13)20-18(21)17-11-14-5-3-4-6-16(14)19(22)23-17/h3-10,12,17H,11H2,1-2H3,(H,20,21)/t17-/m0/s1. The molecule has 4 heteroatoms. The number of amides is 1. The van der Waals surface area contributed by atoms with Gasteiger partial charge in [0.15, 0.2) is 6.10 Å². The zero-order chi connectivity index (χ0) is 16.4. The fraction of sp³-hybridized carbons (Fsp3) is 0.263. The summed E-state index contributed by atoms with van der Waals surface area (Å²) in [6.07, 6.45) is -0.389. The van der Waals surface area contributed by atoms with E-state index in [2.05, 4.69) is 19.2 Å². The van der Waals surface area contributed by atoms with Crippen molar-refractivity contribution in [2.24, 2.45) is 0 Å². The van der Waals surface area contributed by atoms with Gasteiger partial charge in [0.1, 0.15) is 0 Å². The number of esters is 1. The highest BCUT2D eigenvalue weighted by Gasteiger charge is 2.30. The van der Waals surface area contributed by atoms with E-state index < -0.39 is 12.1 Å². The molecule has 0 saturated carbocycles. The van der Waals surface area contributed by atoms with Gasteiger partial charge in [-0.25, -0.2) is 4.79 Å². The summed E-state index contributed by atoms with van der Waals surface area (Å²) in [7, 11) is 0. The van der Waals surface area contributed by atoms with Crippen LogP contribution in [0.25, 0.3) is 0 Å². The van der Waals surface area contributed by atoms with Crippen molar-refractivity contribution in [2.45, 2.75) is 32.3 Å². The second-order valence-corrected chi connectivity index (χ2v) is 6.02. The third kappa shape index (κ3) is 3.26. The molecule has 0 unspecified atom stereocenters. The topological polar surface area (TPSA) is 55.4 Å². The Morgan fingerprint density at radius 1 is 1.13 bits per heavy atom. The zero-order valence-corrected chi connectivity index (χ0v) is 13.2. The Kier molecular flexibility index (Phi) is 4.15. The summed E-state index contributed by atoms with van der Waals surface area (Å²) in [5.41, 5.74) is 3.30. The van der Waals surface area contributed by atoms with E-state index in [0.717, 1.165) is 5.56 Å². The van der Waals surface area contributed by atoms with Crippen LogP contribution < -0.4 is 5.32 Å². The number of hydrogen-bond donors (Lipinski definition) is 1. The molecule has 0 radical (unpaired) electrons. The van der Waals surface area contributed by atoms with E-state index in [-0.39, 0.29) is 5.91 Å². The first kappa shape index (κ1) is 15.3. The van der Waals surface area contributed by atoms with Crippen LogP contribution in [0.15, 0.2) is 48.5 Å². The van der Waals surface area contributed by atoms with Crippen LogP contribution in [0, 0.1) is 0 Å². The molecule has 1 aliphatic heterocycles. The first-order valence-electron chi connectivity index (χ1n) is 7.74. The Morgan fingerprint density at radius 3 is 2.52 bits per heavy atom. The van der Waals surface area contributed by atoms with Crippen molar-refractivity contribution < 1.29 is 14.3 Å². The fourth-order valence-electron chi connectivity index (χ4n) is 2.65. The molecule has 0 bridgehead atoms. The third-order valence-electron chi connectivity index (χ3n) is 4.03. The van der Waals surface area contributed by atoms with Crippen LogP contribution in [0.3, 0.4) is 0 Å². The lowest BCUT2D eigenvalue weighted by atomic mass is 9.98. The summed E-state index contributed by atoms with van der Waals surface area (Å²) >= 11 is 0. The van der Waals surface area contributed by atoms with Crippen LogP contribution in [0.4, 0.5) is 5.69 Å². The first-order valence-corrected chi connectivity index (χ1v) is 7.74. The maximum absolute atomic E-state index is 12.4. The molecule has 1 N–H and O–H groups in total. The Balaban J connectivity index is 1.71. The SMILES string of the molecule is CC(C)c1ccc(NC(=O)[C@@H]2Cc3ccccc3C(=O)O2)cc1. The molecular weight excluding hydrogens is 290 g/mol. The number of ether oxygens (including phenoxy) is 1. The predicted octanol–water partition coefficient (Wildman–Crippen LogP) is 3.53. The van der Waals surface area contributed by atoms with Gasteiger partial charge in [-0.3, -0.25) is 4.79 Å². The highest BCUT2D eigenvalue weighted by Crippen LogP contribution is 2.22. The number of rotatable bonds is 3. The molecule has 0 spiro atoms. The molecular formula is C19H19NO3. The van der Waals surface area contributed by atoms with Gasteiger partial charge in [0, 0.05) is 12.1 Å². The maximum atomic E-state index is 12.4. The predicted molar refractivity (Wildman–Crippen MR) is 88.5 cm³/mol. The molecule has 0 aliphatic carbocycles. The normalized spacial score (nSPS) is 16.7. The molecule has 0 aromatic heterocycles. The Morgan fingerprint density at radius 2 is 1.83 bits per heavy atom. The van der Waals surface area contributed by atoms with Gasteiger partial charge < -0.3 is 10.1 Å². The lowest BCUT2D eigenvalue weighted by molar-refractivity contribution is -0.125. The number of carbonyl (C=O) groups is 2. The largest absolute Gasteiger partial charge is 0.448 e. The van der Waals surface area contributed by atoms with Gasteiger partial charge in [0.05, 0.1) is 5.56 Å². The number of benzene rings is 2. The van der Waals surface area contributed by atoms with Crippen LogP contribution in [0.2, 0.25) is 0 Å². The highest BCUT2D eigenvalue weighted by atomic mass is 16.5. The number of nitrogens with one attached hydrogen (secondary N) is 1. The second kappa shape index (κ2) is 6.24. The monoisotopic (exact) mass is 309 g/mol. The molecule has 2 aromatic rings. The fourth-order valence-corrected chi connectivity index (χ4v) is 2.65. The number of hydrogen-bond acceptors (Lipinski definition) is 3. The molecule has 1 atom stereocenters. The molecule has 1 aliphatic rings. The van der Waals surface area contributed by atoms with Gasteiger partial charge in [-0.1, -0.05) is 44.2 Å².